The second kappa shape index (κ2) is 20.6. The molecule has 0 heterocycles. The van der Waals surface area contributed by atoms with Crippen molar-refractivity contribution in [2.24, 2.45) is 0 Å². The minimum absolute atomic E-state index is 0.0165. The summed E-state index contributed by atoms with van der Waals surface area (Å²) in [7, 11) is 0. The number of hydrogen-bond acceptors (Lipinski definition) is 10. The van der Waals surface area contributed by atoms with E-state index in [1.54, 1.807) is 24.3 Å². The first-order valence-corrected chi connectivity index (χ1v) is 24.9. The number of nitrogens with zero attached hydrogens (tertiary/aromatic N) is 2. The predicted molar refractivity (Wildman–Crippen MR) is 289 cm³/mol. The lowest BCUT2D eigenvalue weighted by Crippen LogP contribution is -2.18. The van der Waals surface area contributed by atoms with Crippen LogP contribution < -0.4 is 20.1 Å². The fourth-order valence-electron chi connectivity index (χ4n) is 9.12. The van der Waals surface area contributed by atoms with Gasteiger partial charge < -0.3 is 30.3 Å². The number of nitro groups is 2. The number of fused-ring (bicyclic) bond motifs is 8. The Labute approximate surface area is 425 Å². The van der Waals surface area contributed by atoms with Gasteiger partial charge in [0.2, 0.25) is 0 Å². The normalized spacial score (nSPS) is 13.1. The summed E-state index contributed by atoms with van der Waals surface area (Å²) < 4.78 is 13.8. The van der Waals surface area contributed by atoms with Crippen LogP contribution in [-0.2, 0) is 47.3 Å². The number of aromatic hydroxyl groups is 2. The molecule has 0 spiro atoms. The van der Waals surface area contributed by atoms with E-state index in [1.165, 1.54) is 24.3 Å². The average Bonchev–Trinajstić information content (AvgIpc) is 3.28. The van der Waals surface area contributed by atoms with E-state index < -0.39 is 9.85 Å². The van der Waals surface area contributed by atoms with Gasteiger partial charge in [0.15, 0.2) is 0 Å². The molecule has 0 unspecified atom stereocenters. The van der Waals surface area contributed by atoms with Gasteiger partial charge in [0, 0.05) is 74.4 Å². The molecule has 8 bridgehead atoms. The highest BCUT2D eigenvalue weighted by molar-refractivity contribution is 5.60. The Hall–Kier alpha value is -7.08. The number of hydrogen-bond donors (Lipinski definition) is 4. The summed E-state index contributed by atoms with van der Waals surface area (Å²) in [5, 5.41) is 54.7. The van der Waals surface area contributed by atoms with E-state index in [1.807, 2.05) is 0 Å². The van der Waals surface area contributed by atoms with Crippen LogP contribution in [0.5, 0.6) is 23.0 Å². The fraction of sp³-hybridized carbons (Fsp3) is 0.400. The fourth-order valence-corrected chi connectivity index (χ4v) is 9.12. The van der Waals surface area contributed by atoms with E-state index in [-0.39, 0.29) is 57.7 Å². The van der Waals surface area contributed by atoms with E-state index in [0.717, 1.165) is 78.1 Å². The predicted octanol–water partition coefficient (Wildman–Crippen LogP) is 13.8. The Bertz CT molecular complexity index is 2670. The topological polar surface area (TPSA) is 169 Å². The van der Waals surface area contributed by atoms with Crippen LogP contribution in [0.1, 0.15) is 150 Å². The van der Waals surface area contributed by atoms with Gasteiger partial charge in [-0.05, 0) is 113 Å². The van der Waals surface area contributed by atoms with Crippen LogP contribution in [-0.4, -0.2) is 46.4 Å². The molecule has 12 nitrogen and oxygen atoms in total. The molecule has 0 aromatic heterocycles. The second-order valence-electron chi connectivity index (χ2n) is 23.4. The van der Waals surface area contributed by atoms with Crippen molar-refractivity contribution in [3.05, 3.63) is 184 Å². The average molecular weight is 977 g/mol. The van der Waals surface area contributed by atoms with Gasteiger partial charge in [-0.3, -0.25) is 20.2 Å². The maximum atomic E-state index is 12.7. The molecule has 72 heavy (non-hydrogen) atoms. The summed E-state index contributed by atoms with van der Waals surface area (Å²) in [5.41, 5.74) is 11.4. The first-order chi connectivity index (χ1) is 33.6. The number of ether oxygens (including phenoxy) is 2. The third-order valence-corrected chi connectivity index (χ3v) is 13.5. The Morgan fingerprint density at radius 3 is 0.889 bits per heavy atom. The van der Waals surface area contributed by atoms with Crippen LogP contribution in [0.3, 0.4) is 0 Å². The maximum absolute atomic E-state index is 12.7. The summed E-state index contributed by atoms with van der Waals surface area (Å²) in [6.45, 7) is 27.6. The molecule has 1 aliphatic carbocycles. The van der Waals surface area contributed by atoms with Crippen LogP contribution in [0.4, 0.5) is 22.7 Å². The molecule has 4 N–H and O–H groups in total. The highest BCUT2D eigenvalue weighted by atomic mass is 16.6. The third-order valence-electron chi connectivity index (χ3n) is 13.5. The number of nitrogens with one attached hydrogen (secondary N) is 2. The van der Waals surface area contributed by atoms with E-state index in [0.29, 0.717) is 50.3 Å². The minimum Gasteiger partial charge on any atom is -0.507 e. The minimum atomic E-state index is -0.417. The third kappa shape index (κ3) is 12.5. The highest BCUT2D eigenvalue weighted by Gasteiger charge is 2.29. The zero-order valence-electron chi connectivity index (χ0n) is 44.1. The van der Waals surface area contributed by atoms with Crippen LogP contribution in [0.15, 0.2) is 97.1 Å². The molecule has 12 heteroatoms. The van der Waals surface area contributed by atoms with Gasteiger partial charge in [-0.1, -0.05) is 132 Å². The van der Waals surface area contributed by atoms with Crippen LogP contribution in [0, 0.1) is 20.2 Å². The highest BCUT2D eigenvalue weighted by Crippen LogP contribution is 2.44. The smallest absolute Gasteiger partial charge is 0.269 e. The van der Waals surface area contributed by atoms with Gasteiger partial charge in [-0.25, -0.2) is 0 Å². The number of nitro benzene ring substituents is 2. The number of rotatable bonds is 12. The molecule has 0 atom stereocenters. The lowest BCUT2D eigenvalue weighted by molar-refractivity contribution is -0.385. The Morgan fingerprint density at radius 2 is 0.667 bits per heavy atom. The van der Waals surface area contributed by atoms with Gasteiger partial charge >= 0.3 is 0 Å². The van der Waals surface area contributed by atoms with Gasteiger partial charge in [0.1, 0.15) is 36.2 Å². The van der Waals surface area contributed by atoms with E-state index >= 15 is 0 Å². The molecule has 1 aliphatic rings. The van der Waals surface area contributed by atoms with Crippen molar-refractivity contribution in [3.63, 3.8) is 0 Å². The molecule has 380 valence electrons. The molecule has 7 rings (SSSR count). The zero-order valence-corrected chi connectivity index (χ0v) is 44.1. The van der Waals surface area contributed by atoms with Gasteiger partial charge in [0.25, 0.3) is 11.4 Å². The van der Waals surface area contributed by atoms with E-state index in [9.17, 15) is 30.4 Å². The van der Waals surface area contributed by atoms with Gasteiger partial charge in [-0.15, -0.1) is 0 Å². The van der Waals surface area contributed by atoms with Crippen LogP contribution in [0.2, 0.25) is 0 Å². The van der Waals surface area contributed by atoms with Crippen molar-refractivity contribution in [2.75, 3.05) is 36.9 Å². The van der Waals surface area contributed by atoms with E-state index in [4.69, 9.17) is 9.47 Å². The Balaban J connectivity index is 1.42. The summed E-state index contributed by atoms with van der Waals surface area (Å²) in [6.07, 6.45) is 1.42. The Kier molecular flexibility index (Phi) is 15.1. The number of phenolic OH excluding ortho intramolecular Hbond substituents is 2. The monoisotopic (exact) mass is 977 g/mol. The molecular formula is C60H72N4O8. The van der Waals surface area contributed by atoms with Gasteiger partial charge in [0.05, 0.1) is 9.85 Å². The van der Waals surface area contributed by atoms with Crippen molar-refractivity contribution in [3.8, 4) is 23.0 Å². The standard InChI is InChI=1S/C60H72N4O8/c1-57(2,3)45-29-37-25-41-33-47(59(7,8)9)35-43(55(41)71-23-21-61-49-13-17-51(18-14-49)63(67)68)27-39-31-46(58(4,5)6)32-40(54(39)66)28-44-36-48(60(10,11)12)34-42(26-38(30-45)53(37)65)56(44)72-24-22-62-50-15-19-52(20-16-50)64(69)70/h13-20,29-36,61-62,65-66H,21-28H2,1-12H3. The first kappa shape index (κ1) is 52.7. The zero-order chi connectivity index (χ0) is 52.5. The molecule has 0 fully saturated rings. The molecule has 0 saturated carbocycles. The SMILES string of the molecule is CC(C)(C)c1cc2c(O)c(c1)Cc1cc(C(C)(C)C)cc(c1OCCNc1ccc([N+](=O)[O-])cc1)Cc1cc(C(C)(C)C)cc(c1O)Cc1cc(C(C)(C)C)cc(c1OCCNc1ccc([N+](=O)[O-])cc1)C2. The Morgan fingerprint density at radius 1 is 0.431 bits per heavy atom. The molecule has 6 aromatic carbocycles. The van der Waals surface area contributed by atoms with Crippen molar-refractivity contribution in [1.82, 2.24) is 0 Å². The van der Waals surface area contributed by atoms with Crippen LogP contribution >= 0.6 is 0 Å². The quantitative estimate of drug-likeness (QED) is 0.0525. The van der Waals surface area contributed by atoms with Crippen molar-refractivity contribution in [2.45, 2.75) is 130 Å². The summed E-state index contributed by atoms with van der Waals surface area (Å²) in [6, 6.07) is 29.9. The molecule has 6 aromatic rings. The van der Waals surface area contributed by atoms with Crippen LogP contribution in [0.25, 0.3) is 0 Å². The lowest BCUT2D eigenvalue weighted by atomic mass is 9.79. The number of benzene rings is 6. The lowest BCUT2D eigenvalue weighted by Gasteiger charge is -2.28. The maximum Gasteiger partial charge on any atom is 0.269 e. The van der Waals surface area contributed by atoms with Crippen molar-refractivity contribution >= 4 is 22.7 Å². The summed E-state index contributed by atoms with van der Waals surface area (Å²) in [5.74, 6) is 1.77. The molecule has 0 aliphatic heterocycles. The summed E-state index contributed by atoms with van der Waals surface area (Å²) in [4.78, 5) is 21.8. The second-order valence-corrected chi connectivity index (χ2v) is 23.4. The number of non-ortho nitro benzene ring substituents is 2. The van der Waals surface area contributed by atoms with Crippen molar-refractivity contribution in [1.29, 1.82) is 0 Å². The molecule has 0 radical (unpaired) electrons. The largest absolute Gasteiger partial charge is 0.507 e. The number of phenols is 2. The van der Waals surface area contributed by atoms with Crippen molar-refractivity contribution < 1.29 is 29.5 Å². The molecule has 0 saturated heterocycles. The summed E-state index contributed by atoms with van der Waals surface area (Å²) >= 11 is 0. The first-order valence-electron chi connectivity index (χ1n) is 24.9. The number of anilines is 2. The van der Waals surface area contributed by atoms with E-state index in [2.05, 4.69) is 142 Å². The molecular weight excluding hydrogens is 905 g/mol. The molecule has 0 amide bonds. The van der Waals surface area contributed by atoms with Gasteiger partial charge in [-0.2, -0.15) is 0 Å².